The summed E-state index contributed by atoms with van der Waals surface area (Å²) in [6.07, 6.45) is 0. The first-order valence-corrected chi connectivity index (χ1v) is 11.4. The van der Waals surface area contributed by atoms with Crippen LogP contribution < -0.4 is 20.1 Å². The highest BCUT2D eigenvalue weighted by Gasteiger charge is 2.36. The van der Waals surface area contributed by atoms with Crippen molar-refractivity contribution in [1.29, 1.82) is 0 Å². The predicted molar refractivity (Wildman–Crippen MR) is 134 cm³/mol. The first kappa shape index (κ1) is 24.7. The Morgan fingerprint density at radius 1 is 1.11 bits per heavy atom. The Kier molecular flexibility index (Phi) is 7.10. The van der Waals surface area contributed by atoms with Gasteiger partial charge in [-0.1, -0.05) is 47.5 Å². The number of halogens is 3. The van der Waals surface area contributed by atoms with Crippen molar-refractivity contribution in [3.8, 4) is 11.5 Å². The molecule has 0 unspecified atom stereocenters. The predicted octanol–water partition coefficient (Wildman–Crippen LogP) is 5.65. The molecule has 2 N–H and O–H groups in total. The Morgan fingerprint density at radius 2 is 1.80 bits per heavy atom. The maximum atomic E-state index is 14.0. The van der Waals surface area contributed by atoms with Crippen LogP contribution in [0.3, 0.4) is 0 Å². The van der Waals surface area contributed by atoms with Gasteiger partial charge < -0.3 is 24.8 Å². The number of hydrogen-bond acceptors (Lipinski definition) is 6. The zero-order valence-electron chi connectivity index (χ0n) is 19.3. The van der Waals surface area contributed by atoms with Crippen LogP contribution in [-0.2, 0) is 16.1 Å². The van der Waals surface area contributed by atoms with Gasteiger partial charge in [0.15, 0.2) is 5.75 Å². The fourth-order valence-corrected chi connectivity index (χ4v) is 4.54. The average molecular weight is 517 g/mol. The normalized spacial score (nSPS) is 14.7. The van der Waals surface area contributed by atoms with Crippen LogP contribution in [0.2, 0.25) is 10.0 Å². The molecule has 0 saturated carbocycles. The zero-order valence-corrected chi connectivity index (χ0v) is 20.8. The number of methoxy groups -OCH3 is 1. The van der Waals surface area contributed by atoms with E-state index in [2.05, 4.69) is 0 Å². The van der Waals surface area contributed by atoms with Crippen molar-refractivity contribution >= 4 is 34.9 Å². The molecule has 182 valence electrons. The zero-order chi connectivity index (χ0) is 25.3. The Labute approximate surface area is 212 Å². The summed E-state index contributed by atoms with van der Waals surface area (Å²) < 4.78 is 30.5. The number of esters is 1. The SMILES string of the molecule is COC(=O)C1=C(N)Oc2cc(N(C)C)ccc2[C@H]1c1cc(Cl)c(OCc2ccccc2F)c(Cl)c1. The van der Waals surface area contributed by atoms with Gasteiger partial charge in [0.25, 0.3) is 0 Å². The molecular formula is C26H23Cl2FN2O4. The third-order valence-electron chi connectivity index (χ3n) is 5.69. The molecule has 3 aromatic carbocycles. The number of anilines is 1. The second kappa shape index (κ2) is 10.1. The van der Waals surface area contributed by atoms with Gasteiger partial charge >= 0.3 is 5.97 Å². The lowest BCUT2D eigenvalue weighted by Crippen LogP contribution is -2.27. The third kappa shape index (κ3) is 4.88. The molecule has 1 aliphatic rings. The van der Waals surface area contributed by atoms with Gasteiger partial charge in [-0.2, -0.15) is 0 Å². The molecule has 0 saturated heterocycles. The summed E-state index contributed by atoms with van der Waals surface area (Å²) >= 11 is 13.1. The van der Waals surface area contributed by atoms with Gasteiger partial charge in [-0.25, -0.2) is 9.18 Å². The number of hydrogen-bond donors (Lipinski definition) is 1. The van der Waals surface area contributed by atoms with Crippen molar-refractivity contribution in [2.75, 3.05) is 26.1 Å². The molecule has 0 bridgehead atoms. The molecule has 9 heteroatoms. The van der Waals surface area contributed by atoms with Crippen LogP contribution in [0.4, 0.5) is 10.1 Å². The van der Waals surface area contributed by atoms with E-state index in [4.69, 9.17) is 43.1 Å². The lowest BCUT2D eigenvalue weighted by atomic mass is 9.83. The van der Waals surface area contributed by atoms with E-state index in [1.807, 2.05) is 37.2 Å². The molecule has 0 amide bonds. The Bertz CT molecular complexity index is 1300. The molecule has 0 aliphatic carbocycles. The van der Waals surface area contributed by atoms with E-state index in [1.54, 1.807) is 30.3 Å². The van der Waals surface area contributed by atoms with Crippen LogP contribution in [-0.4, -0.2) is 27.2 Å². The van der Waals surface area contributed by atoms with Crippen molar-refractivity contribution in [3.63, 3.8) is 0 Å². The monoisotopic (exact) mass is 516 g/mol. The van der Waals surface area contributed by atoms with E-state index < -0.39 is 17.7 Å². The minimum absolute atomic E-state index is 0.0564. The topological polar surface area (TPSA) is 74.0 Å². The molecule has 3 aromatic rings. The van der Waals surface area contributed by atoms with Crippen LogP contribution in [0.25, 0.3) is 0 Å². The fourth-order valence-electron chi connectivity index (χ4n) is 3.92. The van der Waals surface area contributed by atoms with Crippen molar-refractivity contribution in [2.45, 2.75) is 12.5 Å². The molecule has 1 atom stereocenters. The van der Waals surface area contributed by atoms with E-state index >= 15 is 0 Å². The summed E-state index contributed by atoms with van der Waals surface area (Å²) in [6.45, 7) is -0.0564. The maximum absolute atomic E-state index is 14.0. The summed E-state index contributed by atoms with van der Waals surface area (Å²) in [7, 11) is 5.07. The quantitative estimate of drug-likeness (QED) is 0.427. The van der Waals surface area contributed by atoms with Gasteiger partial charge in [-0.15, -0.1) is 0 Å². The van der Waals surface area contributed by atoms with Gasteiger partial charge in [-0.3, -0.25) is 0 Å². The standard InChI is InChI=1S/C26H23Cl2FN2O4/c1-31(2)16-8-9-17-21(12-16)35-25(30)23(26(32)33-3)22(17)15-10-18(27)24(19(28)11-15)34-13-14-6-4-5-7-20(14)29/h4-12,22H,13,30H2,1-3H3/t22-/m1/s1. The third-order valence-corrected chi connectivity index (χ3v) is 6.25. The van der Waals surface area contributed by atoms with E-state index in [9.17, 15) is 9.18 Å². The van der Waals surface area contributed by atoms with E-state index in [-0.39, 0.29) is 33.9 Å². The average Bonchev–Trinajstić information content (AvgIpc) is 2.82. The van der Waals surface area contributed by atoms with E-state index in [1.165, 1.54) is 13.2 Å². The number of rotatable bonds is 6. The lowest BCUT2D eigenvalue weighted by molar-refractivity contribution is -0.136. The van der Waals surface area contributed by atoms with Gasteiger partial charge in [-0.05, 0) is 29.8 Å². The molecule has 35 heavy (non-hydrogen) atoms. The molecule has 0 spiro atoms. The lowest BCUT2D eigenvalue weighted by Gasteiger charge is -2.29. The Morgan fingerprint density at radius 3 is 2.43 bits per heavy atom. The highest BCUT2D eigenvalue weighted by molar-refractivity contribution is 6.37. The molecular weight excluding hydrogens is 494 g/mol. The summed E-state index contributed by atoms with van der Waals surface area (Å²) in [4.78, 5) is 14.6. The molecule has 0 fully saturated rings. The number of carbonyl (C=O) groups is 1. The smallest absolute Gasteiger partial charge is 0.340 e. The number of benzene rings is 3. The maximum Gasteiger partial charge on any atom is 0.340 e. The van der Waals surface area contributed by atoms with Gasteiger partial charge in [0.2, 0.25) is 5.88 Å². The first-order chi connectivity index (χ1) is 16.7. The number of carbonyl (C=O) groups excluding carboxylic acids is 1. The fraction of sp³-hybridized carbons (Fsp3) is 0.192. The highest BCUT2D eigenvalue weighted by Crippen LogP contribution is 2.46. The van der Waals surface area contributed by atoms with Crippen molar-refractivity contribution in [1.82, 2.24) is 0 Å². The second-order valence-electron chi connectivity index (χ2n) is 8.11. The van der Waals surface area contributed by atoms with E-state index in [0.29, 0.717) is 22.4 Å². The van der Waals surface area contributed by atoms with E-state index in [0.717, 1.165) is 5.69 Å². The first-order valence-electron chi connectivity index (χ1n) is 10.6. The molecule has 1 heterocycles. The summed E-state index contributed by atoms with van der Waals surface area (Å²) in [5.74, 6) is -1.06. The van der Waals surface area contributed by atoms with Crippen LogP contribution in [0.5, 0.6) is 11.5 Å². The number of ether oxygens (including phenoxy) is 3. The molecule has 0 aromatic heterocycles. The molecule has 0 radical (unpaired) electrons. The number of fused-ring (bicyclic) bond motifs is 1. The minimum Gasteiger partial charge on any atom is -0.486 e. The highest BCUT2D eigenvalue weighted by atomic mass is 35.5. The Hall–Kier alpha value is -3.42. The molecule has 1 aliphatic heterocycles. The summed E-state index contributed by atoms with van der Waals surface area (Å²) in [6, 6.07) is 15.1. The van der Waals surface area contributed by atoms with Crippen molar-refractivity contribution < 1.29 is 23.4 Å². The minimum atomic E-state index is -0.655. The van der Waals surface area contributed by atoms with Crippen LogP contribution in [0.15, 0.2) is 66.1 Å². The molecule has 4 rings (SSSR count). The van der Waals surface area contributed by atoms with Crippen molar-refractivity contribution in [3.05, 3.63) is 98.6 Å². The van der Waals surface area contributed by atoms with Crippen LogP contribution in [0, 0.1) is 5.82 Å². The van der Waals surface area contributed by atoms with Gasteiger partial charge in [0, 0.05) is 37.0 Å². The van der Waals surface area contributed by atoms with Gasteiger partial charge in [0.05, 0.1) is 23.1 Å². The van der Waals surface area contributed by atoms with Gasteiger partial charge in [0.1, 0.15) is 23.7 Å². The number of nitrogens with two attached hydrogens (primary N) is 1. The Balaban J connectivity index is 1.76. The number of nitrogens with zero attached hydrogens (tertiary/aromatic N) is 1. The summed E-state index contributed by atoms with van der Waals surface area (Å²) in [5, 5.41) is 0.397. The second-order valence-corrected chi connectivity index (χ2v) is 8.93. The van der Waals surface area contributed by atoms with Crippen LogP contribution >= 0.6 is 23.2 Å². The summed E-state index contributed by atoms with van der Waals surface area (Å²) in [5.41, 5.74) is 8.84. The largest absolute Gasteiger partial charge is 0.486 e. The molecule has 6 nitrogen and oxygen atoms in total. The van der Waals surface area contributed by atoms with Crippen LogP contribution in [0.1, 0.15) is 22.6 Å². The van der Waals surface area contributed by atoms with Crippen molar-refractivity contribution in [2.24, 2.45) is 5.73 Å².